The van der Waals surface area contributed by atoms with Crippen LogP contribution in [0.5, 0.6) is 11.5 Å². The molecule has 1 aromatic carbocycles. The van der Waals surface area contributed by atoms with Crippen LogP contribution < -0.4 is 4.74 Å². The summed E-state index contributed by atoms with van der Waals surface area (Å²) in [7, 11) is 0. The average molecular weight is 310 g/mol. The predicted octanol–water partition coefficient (Wildman–Crippen LogP) is 3.96. The highest BCUT2D eigenvalue weighted by atomic mass is 35.5. The summed E-state index contributed by atoms with van der Waals surface area (Å²) in [5.41, 5.74) is -0.642. The third-order valence-corrected chi connectivity index (χ3v) is 2.83. The monoisotopic (exact) mass is 309 g/mol. The number of nitrogens with zero attached hydrogens (tertiary/aromatic N) is 3. The van der Waals surface area contributed by atoms with Crippen molar-refractivity contribution in [2.75, 3.05) is 0 Å². The number of halogens is 2. The Balaban J connectivity index is 2.54. The SMILES string of the molecule is N#Cc1cnc(Cl)c([N+](=O)[O-])c1Oc1ccc(Cl)cc1. The molecule has 2 rings (SSSR count). The maximum atomic E-state index is 11.0. The van der Waals surface area contributed by atoms with E-state index in [-0.39, 0.29) is 22.2 Å². The molecule has 0 saturated heterocycles. The highest BCUT2D eigenvalue weighted by Crippen LogP contribution is 2.38. The van der Waals surface area contributed by atoms with Crippen molar-refractivity contribution >= 4 is 28.9 Å². The molecule has 0 radical (unpaired) electrons. The molecule has 0 saturated carbocycles. The van der Waals surface area contributed by atoms with Crippen molar-refractivity contribution in [1.29, 1.82) is 5.26 Å². The molecule has 0 aliphatic rings. The highest BCUT2D eigenvalue weighted by molar-refractivity contribution is 6.31. The maximum absolute atomic E-state index is 11.0. The molecule has 0 atom stereocenters. The molecule has 0 fully saturated rings. The van der Waals surface area contributed by atoms with Gasteiger partial charge in [0.15, 0.2) is 0 Å². The lowest BCUT2D eigenvalue weighted by Gasteiger charge is -2.08. The standard InChI is InChI=1S/C12H5Cl2N3O3/c13-8-1-3-9(4-2-8)20-11-7(5-15)6-16-12(14)10(11)17(18)19/h1-4,6H. The third-order valence-electron chi connectivity index (χ3n) is 2.30. The van der Waals surface area contributed by atoms with Crippen molar-refractivity contribution in [3.63, 3.8) is 0 Å². The van der Waals surface area contributed by atoms with E-state index in [0.717, 1.165) is 6.20 Å². The lowest BCUT2D eigenvalue weighted by Crippen LogP contribution is -1.99. The largest absolute Gasteiger partial charge is 0.449 e. The fourth-order valence-corrected chi connectivity index (χ4v) is 1.75. The summed E-state index contributed by atoms with van der Waals surface area (Å²) in [5, 5.41) is 20.1. The summed E-state index contributed by atoms with van der Waals surface area (Å²) in [6.45, 7) is 0. The number of aromatic nitrogens is 1. The van der Waals surface area contributed by atoms with Gasteiger partial charge in [-0.1, -0.05) is 23.2 Å². The number of benzene rings is 1. The molecule has 1 aromatic heterocycles. The van der Waals surface area contributed by atoms with Crippen molar-refractivity contribution in [3.05, 3.63) is 56.3 Å². The van der Waals surface area contributed by atoms with Crippen LogP contribution in [0.1, 0.15) is 5.56 Å². The Kier molecular flexibility index (Phi) is 4.03. The minimum atomic E-state index is -0.749. The van der Waals surface area contributed by atoms with Crippen LogP contribution in [0.15, 0.2) is 30.5 Å². The topological polar surface area (TPSA) is 89.0 Å². The third kappa shape index (κ3) is 2.79. The summed E-state index contributed by atoms with van der Waals surface area (Å²) in [5.74, 6) is 0.0380. The second kappa shape index (κ2) is 5.74. The first-order valence-corrected chi connectivity index (χ1v) is 5.95. The van der Waals surface area contributed by atoms with E-state index in [2.05, 4.69) is 4.98 Å². The minimum absolute atomic E-state index is 0.0870. The molecule has 100 valence electrons. The summed E-state index contributed by atoms with van der Waals surface area (Å²) < 4.78 is 5.38. The summed E-state index contributed by atoms with van der Waals surface area (Å²) in [6, 6.07) is 7.91. The Morgan fingerprint density at radius 3 is 2.50 bits per heavy atom. The van der Waals surface area contributed by atoms with Gasteiger partial charge in [-0.25, -0.2) is 4.98 Å². The van der Waals surface area contributed by atoms with Crippen LogP contribution >= 0.6 is 23.2 Å². The Bertz CT molecular complexity index is 711. The second-order valence-corrected chi connectivity index (χ2v) is 4.36. The van der Waals surface area contributed by atoms with Crippen molar-refractivity contribution in [2.24, 2.45) is 0 Å². The van der Waals surface area contributed by atoms with Gasteiger partial charge < -0.3 is 4.74 Å². The zero-order valence-corrected chi connectivity index (χ0v) is 11.2. The lowest BCUT2D eigenvalue weighted by atomic mass is 10.2. The first-order valence-electron chi connectivity index (χ1n) is 5.19. The molecule has 8 heteroatoms. The number of rotatable bonds is 3. The predicted molar refractivity (Wildman–Crippen MR) is 72.1 cm³/mol. The second-order valence-electron chi connectivity index (χ2n) is 3.57. The van der Waals surface area contributed by atoms with Gasteiger partial charge in [-0.15, -0.1) is 0 Å². The van der Waals surface area contributed by atoms with Crippen LogP contribution in [0.4, 0.5) is 5.69 Å². The van der Waals surface area contributed by atoms with E-state index in [9.17, 15) is 10.1 Å². The number of ether oxygens (including phenoxy) is 1. The van der Waals surface area contributed by atoms with Crippen LogP contribution in [0.3, 0.4) is 0 Å². The molecule has 0 aliphatic carbocycles. The van der Waals surface area contributed by atoms with Gasteiger partial charge in [0.2, 0.25) is 10.9 Å². The first-order chi connectivity index (χ1) is 9.52. The zero-order chi connectivity index (χ0) is 14.7. The fourth-order valence-electron chi connectivity index (χ4n) is 1.42. The van der Waals surface area contributed by atoms with Gasteiger partial charge in [-0.05, 0) is 24.3 Å². The molecule has 0 spiro atoms. The summed E-state index contributed by atoms with van der Waals surface area (Å²) in [6.07, 6.45) is 1.11. The van der Waals surface area contributed by atoms with Gasteiger partial charge in [-0.3, -0.25) is 10.1 Å². The van der Waals surface area contributed by atoms with E-state index in [4.69, 9.17) is 33.2 Å². The highest BCUT2D eigenvalue weighted by Gasteiger charge is 2.26. The van der Waals surface area contributed by atoms with E-state index in [1.54, 1.807) is 18.2 Å². The van der Waals surface area contributed by atoms with Crippen LogP contribution in [-0.4, -0.2) is 9.91 Å². The molecule has 6 nitrogen and oxygen atoms in total. The Morgan fingerprint density at radius 2 is 1.95 bits per heavy atom. The molecule has 1 heterocycles. The maximum Gasteiger partial charge on any atom is 0.349 e. The quantitative estimate of drug-likeness (QED) is 0.486. The average Bonchev–Trinajstić information content (AvgIpc) is 2.41. The summed E-state index contributed by atoms with van der Waals surface area (Å²) >= 11 is 11.4. The molecule has 0 amide bonds. The van der Waals surface area contributed by atoms with Gasteiger partial charge in [0, 0.05) is 5.02 Å². The van der Waals surface area contributed by atoms with Gasteiger partial charge >= 0.3 is 5.69 Å². The number of hydrogen-bond donors (Lipinski definition) is 0. The van der Waals surface area contributed by atoms with Gasteiger partial charge in [0.25, 0.3) is 0 Å². The lowest BCUT2D eigenvalue weighted by molar-refractivity contribution is -0.385. The number of nitriles is 1. The number of pyridine rings is 1. The van der Waals surface area contributed by atoms with E-state index >= 15 is 0 Å². The van der Waals surface area contributed by atoms with Crippen LogP contribution in [-0.2, 0) is 0 Å². The Hall–Kier alpha value is -2.36. The molecule has 0 bridgehead atoms. The van der Waals surface area contributed by atoms with E-state index in [0.29, 0.717) is 5.02 Å². The number of nitro groups is 1. The van der Waals surface area contributed by atoms with Gasteiger partial charge in [-0.2, -0.15) is 5.26 Å². The van der Waals surface area contributed by atoms with Gasteiger partial charge in [0.1, 0.15) is 17.4 Å². The molecule has 20 heavy (non-hydrogen) atoms. The molecule has 0 aliphatic heterocycles. The van der Waals surface area contributed by atoms with E-state index in [1.165, 1.54) is 12.1 Å². The molecule has 0 unspecified atom stereocenters. The Labute approximate surface area is 123 Å². The van der Waals surface area contributed by atoms with Gasteiger partial charge in [0.05, 0.1) is 11.1 Å². The molecular formula is C12H5Cl2N3O3. The molecular weight excluding hydrogens is 305 g/mol. The zero-order valence-electron chi connectivity index (χ0n) is 9.71. The summed E-state index contributed by atoms with van der Waals surface area (Å²) in [4.78, 5) is 13.9. The molecule has 0 N–H and O–H groups in total. The van der Waals surface area contributed by atoms with Crippen molar-refractivity contribution < 1.29 is 9.66 Å². The first kappa shape index (κ1) is 14.1. The fraction of sp³-hybridized carbons (Fsp3) is 0. The number of hydrogen-bond acceptors (Lipinski definition) is 5. The normalized spacial score (nSPS) is 9.85. The van der Waals surface area contributed by atoms with Crippen LogP contribution in [0.25, 0.3) is 0 Å². The minimum Gasteiger partial charge on any atom is -0.449 e. The van der Waals surface area contributed by atoms with E-state index < -0.39 is 10.6 Å². The molecule has 2 aromatic rings. The Morgan fingerprint density at radius 1 is 1.30 bits per heavy atom. The van der Waals surface area contributed by atoms with Crippen molar-refractivity contribution in [2.45, 2.75) is 0 Å². The smallest absolute Gasteiger partial charge is 0.349 e. The van der Waals surface area contributed by atoms with E-state index in [1.807, 2.05) is 0 Å². The van der Waals surface area contributed by atoms with Crippen LogP contribution in [0, 0.1) is 21.4 Å². The van der Waals surface area contributed by atoms with Crippen molar-refractivity contribution in [3.8, 4) is 17.6 Å². The van der Waals surface area contributed by atoms with Crippen molar-refractivity contribution in [1.82, 2.24) is 4.98 Å². The van der Waals surface area contributed by atoms with Crippen LogP contribution in [0.2, 0.25) is 10.2 Å².